The fourth-order valence-corrected chi connectivity index (χ4v) is 3.23. The molecule has 0 spiro atoms. The first-order valence-corrected chi connectivity index (χ1v) is 10.1. The van der Waals surface area contributed by atoms with Crippen LogP contribution in [0.3, 0.4) is 0 Å². The summed E-state index contributed by atoms with van der Waals surface area (Å²) in [6.07, 6.45) is 1.73. The molecule has 1 atom stereocenters. The Hall–Kier alpha value is -3.79. The number of hydrogen-bond donors (Lipinski definition) is 3. The first-order valence-electron chi connectivity index (χ1n) is 10.1. The zero-order chi connectivity index (χ0) is 22.4. The average molecular weight is 418 g/mol. The molecule has 0 fully saturated rings. The van der Waals surface area contributed by atoms with E-state index in [0.717, 1.165) is 22.0 Å². The molecule has 1 aromatic heterocycles. The van der Waals surface area contributed by atoms with Gasteiger partial charge in [-0.3, -0.25) is 4.79 Å². The van der Waals surface area contributed by atoms with Gasteiger partial charge in [0, 0.05) is 29.2 Å². The number of nitrogens with one attached hydrogen (secondary N) is 3. The Kier molecular flexibility index (Phi) is 6.61. The van der Waals surface area contributed by atoms with E-state index in [1.807, 2.05) is 42.5 Å². The molecule has 160 valence electrons. The highest BCUT2D eigenvalue weighted by atomic mass is 16.6. The van der Waals surface area contributed by atoms with Crippen molar-refractivity contribution in [1.82, 2.24) is 10.3 Å². The summed E-state index contributed by atoms with van der Waals surface area (Å²) in [6.45, 7) is 5.30. The second kappa shape index (κ2) is 9.35. The summed E-state index contributed by atoms with van der Waals surface area (Å²) in [5.41, 5.74) is 2.57. The Morgan fingerprint density at radius 3 is 2.58 bits per heavy atom. The number of amides is 2. The van der Waals surface area contributed by atoms with Gasteiger partial charge in [-0.05, 0) is 50.1 Å². The lowest BCUT2D eigenvalue weighted by Crippen LogP contribution is -2.47. The number of rotatable bonds is 6. The number of benzene rings is 2. The van der Waals surface area contributed by atoms with E-state index in [1.54, 1.807) is 33.0 Å². The summed E-state index contributed by atoms with van der Waals surface area (Å²) in [6, 6.07) is 16.2. The summed E-state index contributed by atoms with van der Waals surface area (Å²) in [7, 11) is 0. The molecule has 7 heteroatoms. The maximum Gasteiger partial charge on any atom is 0.408 e. The summed E-state index contributed by atoms with van der Waals surface area (Å²) in [5.74, 6) is -0.355. The molecule has 0 aliphatic carbocycles. The molecular formula is C24H26N4O3. The molecule has 31 heavy (non-hydrogen) atoms. The number of nitriles is 1. The van der Waals surface area contributed by atoms with Crippen molar-refractivity contribution < 1.29 is 14.3 Å². The number of ether oxygens (including phenoxy) is 1. The van der Waals surface area contributed by atoms with Gasteiger partial charge < -0.3 is 20.4 Å². The summed E-state index contributed by atoms with van der Waals surface area (Å²) in [5, 5.41) is 15.4. The van der Waals surface area contributed by atoms with Crippen LogP contribution < -0.4 is 10.6 Å². The van der Waals surface area contributed by atoms with E-state index in [4.69, 9.17) is 10.00 Å². The van der Waals surface area contributed by atoms with E-state index in [-0.39, 0.29) is 12.3 Å². The number of fused-ring (bicyclic) bond motifs is 1. The Morgan fingerprint density at radius 1 is 1.16 bits per heavy atom. The Balaban J connectivity index is 1.80. The fraction of sp³-hybridized carbons (Fsp3) is 0.292. The number of carbonyl (C=O) groups is 2. The first kappa shape index (κ1) is 21.9. The lowest BCUT2D eigenvalue weighted by atomic mass is 10.0. The Labute approximate surface area is 181 Å². The van der Waals surface area contributed by atoms with E-state index in [0.29, 0.717) is 12.1 Å². The van der Waals surface area contributed by atoms with Crippen LogP contribution in [0.1, 0.15) is 31.9 Å². The van der Waals surface area contributed by atoms with Crippen LogP contribution in [0.4, 0.5) is 10.5 Å². The second-order valence-electron chi connectivity index (χ2n) is 8.29. The van der Waals surface area contributed by atoms with Gasteiger partial charge >= 0.3 is 6.09 Å². The number of carbonyl (C=O) groups excluding carboxylic acids is 2. The molecule has 3 N–H and O–H groups in total. The van der Waals surface area contributed by atoms with Crippen molar-refractivity contribution in [3.63, 3.8) is 0 Å². The quantitative estimate of drug-likeness (QED) is 0.554. The van der Waals surface area contributed by atoms with Gasteiger partial charge in [-0.15, -0.1) is 0 Å². The maximum atomic E-state index is 13.1. The van der Waals surface area contributed by atoms with Crippen LogP contribution in [0, 0.1) is 11.3 Å². The SMILES string of the molecule is CC(C)(C)OC(=O)NC(Cc1ccccc1)C(=O)Nc1ccc2[nH]cc(CC#N)c2c1. The molecule has 2 amide bonds. The van der Waals surface area contributed by atoms with E-state index in [9.17, 15) is 9.59 Å². The van der Waals surface area contributed by atoms with Crippen LogP contribution in [0.2, 0.25) is 0 Å². The number of aromatic nitrogens is 1. The number of anilines is 1. The molecule has 0 radical (unpaired) electrons. The van der Waals surface area contributed by atoms with Gasteiger partial charge in [0.1, 0.15) is 11.6 Å². The molecule has 0 saturated carbocycles. The normalized spacial score (nSPS) is 12.1. The molecule has 0 aliphatic rings. The van der Waals surface area contributed by atoms with Crippen molar-refractivity contribution >= 4 is 28.6 Å². The summed E-state index contributed by atoms with van der Waals surface area (Å²) in [4.78, 5) is 28.5. The highest BCUT2D eigenvalue weighted by Crippen LogP contribution is 2.23. The fourth-order valence-electron chi connectivity index (χ4n) is 3.23. The highest BCUT2D eigenvalue weighted by Gasteiger charge is 2.25. The minimum Gasteiger partial charge on any atom is -0.444 e. The molecule has 3 aromatic rings. The van der Waals surface area contributed by atoms with Crippen LogP contribution in [0.25, 0.3) is 10.9 Å². The minimum atomic E-state index is -0.822. The maximum absolute atomic E-state index is 13.1. The second-order valence-corrected chi connectivity index (χ2v) is 8.29. The van der Waals surface area contributed by atoms with Crippen LogP contribution in [0.5, 0.6) is 0 Å². The van der Waals surface area contributed by atoms with E-state index in [2.05, 4.69) is 21.7 Å². The van der Waals surface area contributed by atoms with Crippen molar-refractivity contribution in [2.45, 2.75) is 45.3 Å². The summed E-state index contributed by atoms with van der Waals surface area (Å²) >= 11 is 0. The number of aromatic amines is 1. The predicted octanol–water partition coefficient (Wildman–Crippen LogP) is 4.31. The molecule has 1 unspecified atom stereocenters. The third-order valence-electron chi connectivity index (χ3n) is 4.59. The topological polar surface area (TPSA) is 107 Å². The lowest BCUT2D eigenvalue weighted by Gasteiger charge is -2.23. The van der Waals surface area contributed by atoms with Gasteiger partial charge in [0.25, 0.3) is 0 Å². The molecule has 0 bridgehead atoms. The van der Waals surface area contributed by atoms with Crippen LogP contribution in [0.15, 0.2) is 54.7 Å². The number of alkyl carbamates (subject to hydrolysis) is 1. The molecule has 0 aliphatic heterocycles. The van der Waals surface area contributed by atoms with Crippen LogP contribution >= 0.6 is 0 Å². The predicted molar refractivity (Wildman–Crippen MR) is 120 cm³/mol. The van der Waals surface area contributed by atoms with Crippen molar-refractivity contribution in [3.8, 4) is 6.07 Å². The van der Waals surface area contributed by atoms with Crippen LogP contribution in [-0.2, 0) is 22.4 Å². The summed E-state index contributed by atoms with van der Waals surface area (Å²) < 4.78 is 5.33. The van der Waals surface area contributed by atoms with Gasteiger partial charge in [-0.1, -0.05) is 30.3 Å². The van der Waals surface area contributed by atoms with Gasteiger partial charge in [-0.2, -0.15) is 5.26 Å². The monoisotopic (exact) mass is 418 g/mol. The number of nitrogens with zero attached hydrogens (tertiary/aromatic N) is 1. The van der Waals surface area contributed by atoms with Gasteiger partial charge in [0.2, 0.25) is 5.91 Å². The third-order valence-corrected chi connectivity index (χ3v) is 4.59. The van der Waals surface area contributed by atoms with Crippen molar-refractivity contribution in [2.75, 3.05) is 5.32 Å². The smallest absolute Gasteiger partial charge is 0.408 e. The van der Waals surface area contributed by atoms with Crippen molar-refractivity contribution in [1.29, 1.82) is 5.26 Å². The first-order chi connectivity index (χ1) is 14.7. The molecule has 0 saturated heterocycles. The molecular weight excluding hydrogens is 392 g/mol. The molecule has 3 rings (SSSR count). The lowest BCUT2D eigenvalue weighted by molar-refractivity contribution is -0.118. The molecule has 2 aromatic carbocycles. The van der Waals surface area contributed by atoms with Gasteiger partial charge in [0.05, 0.1) is 12.5 Å². The van der Waals surface area contributed by atoms with E-state index < -0.39 is 17.7 Å². The van der Waals surface area contributed by atoms with Gasteiger partial charge in [-0.25, -0.2) is 4.79 Å². The largest absolute Gasteiger partial charge is 0.444 e. The van der Waals surface area contributed by atoms with Crippen molar-refractivity contribution in [2.24, 2.45) is 0 Å². The van der Waals surface area contributed by atoms with E-state index in [1.165, 1.54) is 0 Å². The minimum absolute atomic E-state index is 0.272. The Morgan fingerprint density at radius 2 is 1.90 bits per heavy atom. The van der Waals surface area contributed by atoms with Crippen molar-refractivity contribution in [3.05, 3.63) is 65.9 Å². The van der Waals surface area contributed by atoms with Gasteiger partial charge in [0.15, 0.2) is 0 Å². The number of H-pyrrole nitrogens is 1. The van der Waals surface area contributed by atoms with Crippen LogP contribution in [-0.4, -0.2) is 28.6 Å². The standard InChI is InChI=1S/C24H26N4O3/c1-24(2,3)31-23(30)28-21(13-16-7-5-4-6-8-16)22(29)27-18-9-10-20-19(14-18)17(11-12-25)15-26-20/h4-10,14-15,21,26H,11,13H2,1-3H3,(H,27,29)(H,28,30). The zero-order valence-corrected chi connectivity index (χ0v) is 17.9. The Bertz CT molecular complexity index is 1110. The highest BCUT2D eigenvalue weighted by molar-refractivity contribution is 5.98. The average Bonchev–Trinajstić information content (AvgIpc) is 3.09. The molecule has 1 heterocycles. The number of hydrogen-bond acceptors (Lipinski definition) is 4. The molecule has 7 nitrogen and oxygen atoms in total. The van der Waals surface area contributed by atoms with E-state index >= 15 is 0 Å². The third kappa shape index (κ3) is 6.09. The zero-order valence-electron chi connectivity index (χ0n) is 17.9.